The van der Waals surface area contributed by atoms with Crippen molar-refractivity contribution in [3.8, 4) is 0 Å². The maximum Gasteiger partial charge on any atom is 1.00 e. The summed E-state index contributed by atoms with van der Waals surface area (Å²) in [6.07, 6.45) is 13.5. The number of hydrogen-bond acceptors (Lipinski definition) is 0. The van der Waals surface area contributed by atoms with Gasteiger partial charge in [-0.25, -0.2) is 0 Å². The zero-order valence-electron chi connectivity index (χ0n) is 8.81. The van der Waals surface area contributed by atoms with Gasteiger partial charge in [-0.2, -0.15) is 6.42 Å². The molecule has 0 spiro atoms. The quantitative estimate of drug-likeness (QED) is 0.227. The Hall–Kier alpha value is 0.337. The number of allylic oxidation sites excluding steroid dienone is 2. The molecule has 0 heterocycles. The Morgan fingerprint density at radius 1 is 1.00 bits per heavy atom. The van der Waals surface area contributed by atoms with E-state index in [4.69, 9.17) is 0 Å². The molecule has 0 aromatic heterocycles. The molecule has 0 nitrogen and oxygen atoms in total. The maximum atomic E-state index is 3.82. The normalized spacial score (nSPS) is 10.2. The van der Waals surface area contributed by atoms with Gasteiger partial charge >= 0.3 is 18.9 Å². The van der Waals surface area contributed by atoms with Gasteiger partial charge in [0.2, 0.25) is 0 Å². The van der Waals surface area contributed by atoms with E-state index in [1.54, 1.807) is 0 Å². The largest absolute Gasteiger partial charge is 1.00 e. The molecule has 0 rings (SSSR count). The van der Waals surface area contributed by atoms with Crippen LogP contribution in [0.4, 0.5) is 0 Å². The maximum absolute atomic E-state index is 3.82. The average molecular weight is 160 g/mol. The summed E-state index contributed by atoms with van der Waals surface area (Å²) >= 11 is 0. The van der Waals surface area contributed by atoms with Crippen molar-refractivity contribution >= 4 is 0 Å². The Morgan fingerprint density at radius 2 is 1.67 bits per heavy atom. The molecular weight excluding hydrogens is 139 g/mol. The minimum atomic E-state index is 0. The molecule has 0 aromatic rings. The minimum Gasteiger partial charge on any atom is -0.343 e. The predicted molar refractivity (Wildman–Crippen MR) is 52.5 cm³/mol. The summed E-state index contributed by atoms with van der Waals surface area (Å²) in [7, 11) is 0. The van der Waals surface area contributed by atoms with Gasteiger partial charge in [-0.05, 0) is 19.3 Å². The summed E-state index contributed by atoms with van der Waals surface area (Å²) in [6.45, 7) is 6.00. The fourth-order valence-corrected chi connectivity index (χ4v) is 1.08. The van der Waals surface area contributed by atoms with Crippen LogP contribution >= 0.6 is 0 Å². The monoisotopic (exact) mass is 160 g/mol. The molecule has 66 valence electrons. The van der Waals surface area contributed by atoms with Crippen molar-refractivity contribution in [1.29, 1.82) is 0 Å². The van der Waals surface area contributed by atoms with Crippen LogP contribution in [-0.4, -0.2) is 0 Å². The summed E-state index contributed by atoms with van der Waals surface area (Å²) in [5.41, 5.74) is 0. The average Bonchev–Trinajstić information content (AvgIpc) is 2.03. The second-order valence-electron chi connectivity index (χ2n) is 2.94. The zero-order chi connectivity index (χ0) is 8.36. The standard InChI is InChI=1S/C11H21.Li/c1-3-5-7-9-11-10-8-6-4-2;/h6,8H,1,3-5,7,9-11H2,2H3;/q-1;+1/b8-6-;. The SMILES string of the molecule is [CH2-]CCCCCC/C=C\CC.[Li+]. The van der Waals surface area contributed by atoms with Crippen LogP contribution in [0.1, 0.15) is 51.9 Å². The molecule has 0 aromatic carbocycles. The van der Waals surface area contributed by atoms with Crippen LogP contribution in [0, 0.1) is 6.92 Å². The number of unbranched alkanes of at least 4 members (excludes halogenated alkanes) is 5. The third-order valence-corrected chi connectivity index (χ3v) is 1.77. The molecular formula is C11H21Li. The second-order valence-corrected chi connectivity index (χ2v) is 2.94. The molecule has 0 saturated carbocycles. The van der Waals surface area contributed by atoms with Crippen LogP contribution in [0.25, 0.3) is 0 Å². The van der Waals surface area contributed by atoms with Gasteiger partial charge in [0.1, 0.15) is 0 Å². The van der Waals surface area contributed by atoms with E-state index >= 15 is 0 Å². The molecule has 0 bridgehead atoms. The Kier molecular flexibility index (Phi) is 17.2. The van der Waals surface area contributed by atoms with E-state index in [1.807, 2.05) is 0 Å². The van der Waals surface area contributed by atoms with Crippen molar-refractivity contribution in [3.05, 3.63) is 19.1 Å². The van der Waals surface area contributed by atoms with Gasteiger partial charge in [0, 0.05) is 0 Å². The van der Waals surface area contributed by atoms with Crippen LogP contribution in [0.3, 0.4) is 0 Å². The zero-order valence-corrected chi connectivity index (χ0v) is 8.81. The number of rotatable bonds is 7. The van der Waals surface area contributed by atoms with Crippen LogP contribution < -0.4 is 18.9 Å². The molecule has 0 saturated heterocycles. The van der Waals surface area contributed by atoms with Gasteiger partial charge in [0.05, 0.1) is 0 Å². The summed E-state index contributed by atoms with van der Waals surface area (Å²) in [5.74, 6) is 0. The first kappa shape index (κ1) is 14.8. The molecule has 0 unspecified atom stereocenters. The third kappa shape index (κ3) is 13.0. The smallest absolute Gasteiger partial charge is 0.343 e. The van der Waals surface area contributed by atoms with E-state index in [2.05, 4.69) is 26.0 Å². The summed E-state index contributed by atoms with van der Waals surface area (Å²) in [5, 5.41) is 0. The molecule has 0 aliphatic carbocycles. The third-order valence-electron chi connectivity index (χ3n) is 1.77. The van der Waals surface area contributed by atoms with Gasteiger partial charge in [-0.1, -0.05) is 38.3 Å². The molecule has 0 atom stereocenters. The first-order valence-corrected chi connectivity index (χ1v) is 4.86. The topological polar surface area (TPSA) is 0 Å². The summed E-state index contributed by atoms with van der Waals surface area (Å²) in [6, 6.07) is 0. The van der Waals surface area contributed by atoms with Gasteiger partial charge in [-0.15, -0.1) is 0 Å². The fourth-order valence-electron chi connectivity index (χ4n) is 1.08. The Balaban J connectivity index is 0. The molecule has 0 N–H and O–H groups in total. The van der Waals surface area contributed by atoms with Gasteiger partial charge in [0.15, 0.2) is 0 Å². The Bertz CT molecular complexity index is 87.0. The van der Waals surface area contributed by atoms with E-state index < -0.39 is 0 Å². The van der Waals surface area contributed by atoms with Crippen LogP contribution in [0.15, 0.2) is 12.2 Å². The summed E-state index contributed by atoms with van der Waals surface area (Å²) < 4.78 is 0. The molecule has 0 aliphatic heterocycles. The Labute approximate surface area is 90.0 Å². The molecule has 0 radical (unpaired) electrons. The Morgan fingerprint density at radius 3 is 2.25 bits per heavy atom. The van der Waals surface area contributed by atoms with E-state index in [1.165, 1.54) is 38.5 Å². The van der Waals surface area contributed by atoms with E-state index in [-0.39, 0.29) is 18.9 Å². The minimum absolute atomic E-state index is 0. The van der Waals surface area contributed by atoms with Crippen LogP contribution in [0.2, 0.25) is 0 Å². The van der Waals surface area contributed by atoms with Crippen molar-refractivity contribution in [2.45, 2.75) is 51.9 Å². The first-order chi connectivity index (χ1) is 5.41. The first-order valence-electron chi connectivity index (χ1n) is 4.86. The van der Waals surface area contributed by atoms with Gasteiger partial charge in [-0.3, -0.25) is 0 Å². The van der Waals surface area contributed by atoms with Crippen molar-refractivity contribution in [1.82, 2.24) is 0 Å². The molecule has 12 heavy (non-hydrogen) atoms. The van der Waals surface area contributed by atoms with Crippen LogP contribution in [-0.2, 0) is 0 Å². The van der Waals surface area contributed by atoms with E-state index in [0.717, 1.165) is 6.42 Å². The molecule has 0 amide bonds. The van der Waals surface area contributed by atoms with Gasteiger partial charge < -0.3 is 6.92 Å². The van der Waals surface area contributed by atoms with Crippen molar-refractivity contribution in [3.63, 3.8) is 0 Å². The van der Waals surface area contributed by atoms with Crippen molar-refractivity contribution in [2.75, 3.05) is 0 Å². The molecule has 1 heteroatoms. The predicted octanol–water partition coefficient (Wildman–Crippen LogP) is 1.13. The van der Waals surface area contributed by atoms with Crippen LogP contribution in [0.5, 0.6) is 0 Å². The van der Waals surface area contributed by atoms with Gasteiger partial charge in [0.25, 0.3) is 0 Å². The van der Waals surface area contributed by atoms with Crippen molar-refractivity contribution in [2.24, 2.45) is 0 Å². The summed E-state index contributed by atoms with van der Waals surface area (Å²) in [4.78, 5) is 0. The van der Waals surface area contributed by atoms with Crippen molar-refractivity contribution < 1.29 is 18.9 Å². The number of hydrogen-bond donors (Lipinski definition) is 0. The van der Waals surface area contributed by atoms with E-state index in [0.29, 0.717) is 0 Å². The molecule has 0 fully saturated rings. The molecule has 0 aliphatic rings. The van der Waals surface area contributed by atoms with E-state index in [9.17, 15) is 0 Å². The second kappa shape index (κ2) is 13.9. The fraction of sp³-hybridized carbons (Fsp3) is 0.727.